The molecule has 0 unspecified atom stereocenters. The molecule has 162 valence electrons. The number of carbonyl (C=O) groups is 1. The molecule has 1 heterocycles. The molecule has 0 aliphatic heterocycles. The Morgan fingerprint density at radius 2 is 1.87 bits per heavy atom. The molecule has 5 nitrogen and oxygen atoms in total. The van der Waals surface area contributed by atoms with Gasteiger partial charge in [-0.05, 0) is 42.3 Å². The maximum atomic E-state index is 13.0. The van der Waals surface area contributed by atoms with Crippen LogP contribution in [0.4, 0.5) is 18.9 Å². The largest absolute Gasteiger partial charge is 0.465 e. The highest BCUT2D eigenvalue weighted by Crippen LogP contribution is 2.31. The number of hydrogen-bond acceptors (Lipinski definition) is 5. The summed E-state index contributed by atoms with van der Waals surface area (Å²) in [5, 5.41) is 0.575. The van der Waals surface area contributed by atoms with Crippen LogP contribution in [0.5, 0.6) is 0 Å². The molecule has 0 aliphatic rings. The number of nitrogens with zero attached hydrogens (tertiary/aromatic N) is 2. The Balaban J connectivity index is 2.08. The molecule has 3 aromatic rings. The maximum absolute atomic E-state index is 13.0. The van der Waals surface area contributed by atoms with Crippen molar-refractivity contribution in [2.75, 3.05) is 7.11 Å². The topological polar surface area (TPSA) is 60.7 Å². The van der Waals surface area contributed by atoms with Crippen molar-refractivity contribution in [2.45, 2.75) is 19.1 Å². The second-order valence-electron chi connectivity index (χ2n) is 6.41. The third kappa shape index (κ3) is 5.83. The minimum absolute atomic E-state index is 0.000897. The third-order valence-corrected chi connectivity index (χ3v) is 5.53. The van der Waals surface area contributed by atoms with E-state index in [0.717, 1.165) is 35.1 Å². The maximum Gasteiger partial charge on any atom is 0.416 e. The van der Waals surface area contributed by atoms with Crippen molar-refractivity contribution in [3.8, 4) is 0 Å². The van der Waals surface area contributed by atoms with Crippen molar-refractivity contribution in [3.63, 3.8) is 0 Å². The number of aryl methyl sites for hydroxylation is 1. The molecule has 0 radical (unpaired) electrons. The number of hydrogen-bond donors (Lipinski definition) is 0. The van der Waals surface area contributed by atoms with E-state index in [9.17, 15) is 22.8 Å². The molecular formula is C21H16ClF3N2O3S. The predicted octanol–water partition coefficient (Wildman–Crippen LogP) is 4.84. The van der Waals surface area contributed by atoms with Crippen LogP contribution in [0.2, 0.25) is 5.02 Å². The number of alkyl halides is 3. The summed E-state index contributed by atoms with van der Waals surface area (Å²) in [4.78, 5) is 28.9. The first-order valence-electron chi connectivity index (χ1n) is 8.97. The molecular weight excluding hydrogens is 453 g/mol. The van der Waals surface area contributed by atoms with Gasteiger partial charge in [-0.25, -0.2) is 9.79 Å². The molecule has 2 aromatic carbocycles. The Labute approximate surface area is 184 Å². The molecule has 0 aliphatic carbocycles. The second kappa shape index (κ2) is 9.49. The number of aromatic nitrogens is 1. The average Bonchev–Trinajstić information content (AvgIpc) is 2.73. The third-order valence-electron chi connectivity index (χ3n) is 4.27. The van der Waals surface area contributed by atoms with Gasteiger partial charge in [0, 0.05) is 17.6 Å². The Hall–Kier alpha value is -2.91. The Morgan fingerprint density at radius 1 is 1.16 bits per heavy atom. The fourth-order valence-electron chi connectivity index (χ4n) is 2.71. The zero-order valence-electron chi connectivity index (χ0n) is 16.1. The van der Waals surface area contributed by atoms with Crippen LogP contribution in [0.25, 0.3) is 0 Å². The van der Waals surface area contributed by atoms with Crippen LogP contribution in [-0.2, 0) is 23.9 Å². The van der Waals surface area contributed by atoms with Crippen molar-refractivity contribution < 1.29 is 22.7 Å². The lowest BCUT2D eigenvalue weighted by atomic mass is 10.1. The minimum Gasteiger partial charge on any atom is -0.465 e. The first-order chi connectivity index (χ1) is 14.7. The number of halogens is 4. The van der Waals surface area contributed by atoms with Crippen molar-refractivity contribution in [3.05, 3.63) is 90.8 Å². The summed E-state index contributed by atoms with van der Waals surface area (Å²) in [5.74, 6) is -0.729. The van der Waals surface area contributed by atoms with Crippen LogP contribution in [-0.4, -0.2) is 17.6 Å². The van der Waals surface area contributed by atoms with Crippen LogP contribution in [0.15, 0.2) is 64.4 Å². The SMILES string of the molecule is COC(=O)c1cc(=O)n(CCc2ccc(Cl)cc2)c(=Nc2cccc(C(F)(F)F)c2)s1. The molecule has 0 saturated heterocycles. The molecule has 1 aromatic heterocycles. The number of rotatable bonds is 5. The summed E-state index contributed by atoms with van der Waals surface area (Å²) in [6.07, 6.45) is -4.08. The van der Waals surface area contributed by atoms with Gasteiger partial charge in [0.15, 0.2) is 4.80 Å². The van der Waals surface area contributed by atoms with Gasteiger partial charge < -0.3 is 4.74 Å². The van der Waals surface area contributed by atoms with Gasteiger partial charge in [-0.1, -0.05) is 41.1 Å². The van der Waals surface area contributed by atoms with Gasteiger partial charge in [0.25, 0.3) is 5.56 Å². The van der Waals surface area contributed by atoms with E-state index < -0.39 is 23.3 Å². The van der Waals surface area contributed by atoms with E-state index in [-0.39, 0.29) is 21.9 Å². The molecule has 0 N–H and O–H groups in total. The highest BCUT2D eigenvalue weighted by molar-refractivity contribution is 7.11. The Bertz CT molecular complexity index is 1220. The van der Waals surface area contributed by atoms with Gasteiger partial charge in [0.1, 0.15) is 4.88 Å². The van der Waals surface area contributed by atoms with Crippen LogP contribution < -0.4 is 10.4 Å². The van der Waals surface area contributed by atoms with E-state index >= 15 is 0 Å². The lowest BCUT2D eigenvalue weighted by Gasteiger charge is -2.09. The van der Waals surface area contributed by atoms with Gasteiger partial charge in [-0.15, -0.1) is 0 Å². The molecule has 0 bridgehead atoms. The molecule has 31 heavy (non-hydrogen) atoms. The lowest BCUT2D eigenvalue weighted by Crippen LogP contribution is -2.33. The first kappa shape index (κ1) is 22.8. The van der Waals surface area contributed by atoms with E-state index in [1.807, 2.05) is 12.1 Å². The van der Waals surface area contributed by atoms with Crippen LogP contribution in [0.3, 0.4) is 0 Å². The molecule has 0 saturated carbocycles. The van der Waals surface area contributed by atoms with Crippen molar-refractivity contribution in [2.24, 2.45) is 4.99 Å². The van der Waals surface area contributed by atoms with Crippen LogP contribution >= 0.6 is 22.9 Å². The summed E-state index contributed by atoms with van der Waals surface area (Å²) in [7, 11) is 1.17. The number of carbonyl (C=O) groups excluding carboxylic acids is 1. The fraction of sp³-hybridized carbons (Fsp3) is 0.190. The Kier molecular flexibility index (Phi) is 6.97. The van der Waals surface area contributed by atoms with Crippen molar-refractivity contribution in [1.29, 1.82) is 0 Å². The van der Waals surface area contributed by atoms with Gasteiger partial charge in [-0.3, -0.25) is 9.36 Å². The molecule has 0 atom stereocenters. The smallest absolute Gasteiger partial charge is 0.416 e. The summed E-state index contributed by atoms with van der Waals surface area (Å²) in [6.45, 7) is 0.205. The molecule has 0 spiro atoms. The molecule has 10 heteroatoms. The van der Waals surface area contributed by atoms with Crippen molar-refractivity contribution >= 4 is 34.6 Å². The minimum atomic E-state index is -4.53. The zero-order valence-corrected chi connectivity index (χ0v) is 17.7. The van der Waals surface area contributed by atoms with Gasteiger partial charge in [-0.2, -0.15) is 13.2 Å². The zero-order chi connectivity index (χ0) is 22.6. The van der Waals surface area contributed by atoms with E-state index in [1.54, 1.807) is 12.1 Å². The van der Waals surface area contributed by atoms with Gasteiger partial charge in [0.05, 0.1) is 18.4 Å². The van der Waals surface area contributed by atoms with Gasteiger partial charge in [0.2, 0.25) is 0 Å². The highest BCUT2D eigenvalue weighted by atomic mass is 35.5. The molecule has 0 fully saturated rings. The van der Waals surface area contributed by atoms with E-state index in [0.29, 0.717) is 11.4 Å². The summed E-state index contributed by atoms with van der Waals surface area (Å²) in [6, 6.07) is 12.6. The normalized spacial score (nSPS) is 12.1. The Morgan fingerprint density at radius 3 is 2.52 bits per heavy atom. The number of methoxy groups -OCH3 is 1. The summed E-state index contributed by atoms with van der Waals surface area (Å²) >= 11 is 6.74. The monoisotopic (exact) mass is 468 g/mol. The second-order valence-corrected chi connectivity index (χ2v) is 7.86. The lowest BCUT2D eigenvalue weighted by molar-refractivity contribution is -0.137. The number of benzene rings is 2. The standard InChI is InChI=1S/C21H16ClF3N2O3S/c1-30-19(29)17-12-18(28)27(10-9-13-5-7-15(22)8-6-13)20(31-17)26-16-4-2-3-14(11-16)21(23,24)25/h2-8,11-12H,9-10H2,1H3. The van der Waals surface area contributed by atoms with E-state index in [1.165, 1.54) is 23.8 Å². The molecule has 0 amide bonds. The predicted molar refractivity (Wildman–Crippen MR) is 112 cm³/mol. The van der Waals surface area contributed by atoms with Crippen LogP contribution in [0.1, 0.15) is 20.8 Å². The highest BCUT2D eigenvalue weighted by Gasteiger charge is 2.30. The summed E-state index contributed by atoms with van der Waals surface area (Å²) in [5.41, 5.74) is -0.465. The fourth-order valence-corrected chi connectivity index (χ4v) is 3.80. The number of ether oxygens (including phenoxy) is 1. The average molecular weight is 469 g/mol. The van der Waals surface area contributed by atoms with Crippen molar-refractivity contribution in [1.82, 2.24) is 4.57 Å². The van der Waals surface area contributed by atoms with E-state index in [2.05, 4.69) is 9.73 Å². The summed E-state index contributed by atoms with van der Waals surface area (Å²) < 4.78 is 45.1. The number of esters is 1. The van der Waals surface area contributed by atoms with Crippen LogP contribution in [0, 0.1) is 0 Å². The van der Waals surface area contributed by atoms with Gasteiger partial charge >= 0.3 is 12.1 Å². The molecule has 3 rings (SSSR count). The van der Waals surface area contributed by atoms with E-state index in [4.69, 9.17) is 11.6 Å². The quantitative estimate of drug-likeness (QED) is 0.503. The first-order valence-corrected chi connectivity index (χ1v) is 10.2.